The molecule has 0 bridgehead atoms. The van der Waals surface area contributed by atoms with E-state index in [0.29, 0.717) is 18.5 Å². The number of nitrogens with zero attached hydrogens (tertiary/aromatic N) is 2. The summed E-state index contributed by atoms with van der Waals surface area (Å²) in [6.45, 7) is 2.19. The van der Waals surface area contributed by atoms with Gasteiger partial charge in [0.25, 0.3) is 0 Å². The first-order valence-electron chi connectivity index (χ1n) is 6.82. The molecule has 0 aromatic heterocycles. The van der Waals surface area contributed by atoms with E-state index in [9.17, 15) is 17.9 Å². The van der Waals surface area contributed by atoms with E-state index in [2.05, 4.69) is 0 Å². The van der Waals surface area contributed by atoms with Crippen molar-refractivity contribution in [1.82, 2.24) is 9.21 Å². The summed E-state index contributed by atoms with van der Waals surface area (Å²) < 4.78 is 40.1. The van der Waals surface area contributed by atoms with Gasteiger partial charge in [-0.3, -0.25) is 0 Å². The van der Waals surface area contributed by atoms with Crippen molar-refractivity contribution < 1.29 is 17.9 Å². The van der Waals surface area contributed by atoms with Gasteiger partial charge in [-0.25, -0.2) is 12.8 Å². The Hall–Kier alpha value is -1.02. The monoisotopic (exact) mass is 316 g/mol. The smallest absolute Gasteiger partial charge is 0.243 e. The summed E-state index contributed by atoms with van der Waals surface area (Å²) in [5.41, 5.74) is 0.375. The summed E-state index contributed by atoms with van der Waals surface area (Å²) >= 11 is 0. The number of halogens is 1. The summed E-state index contributed by atoms with van der Waals surface area (Å²) in [6.07, 6.45) is -0.247. The van der Waals surface area contributed by atoms with E-state index in [0.717, 1.165) is 6.07 Å². The van der Waals surface area contributed by atoms with Crippen molar-refractivity contribution in [3.05, 3.63) is 29.6 Å². The largest absolute Gasteiger partial charge is 0.392 e. The molecule has 2 atom stereocenters. The Morgan fingerprint density at radius 3 is 2.67 bits per heavy atom. The van der Waals surface area contributed by atoms with Gasteiger partial charge in [0.15, 0.2) is 0 Å². The zero-order valence-electron chi connectivity index (χ0n) is 12.5. The summed E-state index contributed by atoms with van der Waals surface area (Å²) in [7, 11) is -0.0143. The van der Waals surface area contributed by atoms with Crippen LogP contribution in [0.25, 0.3) is 0 Å². The third kappa shape index (κ3) is 3.42. The molecule has 5 nitrogen and oxygen atoms in total. The third-order valence-corrected chi connectivity index (χ3v) is 5.72. The molecular formula is C14H21FN2O3S. The van der Waals surface area contributed by atoms with Crippen molar-refractivity contribution >= 4 is 10.0 Å². The van der Waals surface area contributed by atoms with Gasteiger partial charge >= 0.3 is 0 Å². The predicted molar refractivity (Wildman–Crippen MR) is 78.0 cm³/mol. The standard InChI is InChI=1S/C14H21FN2O3S/c1-10-6-11(15)4-5-14(10)21(19,20)17-9-13(18)7-12(17)8-16(2)3/h4-6,12-13,18H,7-9H2,1-3H3. The molecule has 118 valence electrons. The Balaban J connectivity index is 2.37. The van der Waals surface area contributed by atoms with Crippen LogP contribution in [0.4, 0.5) is 4.39 Å². The zero-order valence-corrected chi connectivity index (χ0v) is 13.3. The quantitative estimate of drug-likeness (QED) is 0.893. The molecule has 1 saturated heterocycles. The van der Waals surface area contributed by atoms with Crippen molar-refractivity contribution in [2.45, 2.75) is 30.4 Å². The average Bonchev–Trinajstić information content (AvgIpc) is 2.69. The zero-order chi connectivity index (χ0) is 15.8. The van der Waals surface area contributed by atoms with Crippen molar-refractivity contribution in [3.63, 3.8) is 0 Å². The molecule has 1 aromatic carbocycles. The van der Waals surface area contributed by atoms with E-state index in [1.54, 1.807) is 6.92 Å². The van der Waals surface area contributed by atoms with Crippen molar-refractivity contribution in [1.29, 1.82) is 0 Å². The molecule has 1 aliphatic rings. The molecule has 1 fully saturated rings. The van der Waals surface area contributed by atoms with Crippen LogP contribution in [-0.2, 0) is 10.0 Å². The molecule has 0 aliphatic carbocycles. The number of β-amino-alcohol motifs (C(OH)–C–C–N with tert-alkyl or cyclic N) is 1. The molecule has 2 rings (SSSR count). The van der Waals surface area contributed by atoms with E-state index in [1.807, 2.05) is 19.0 Å². The number of likely N-dealkylation sites (N-methyl/N-ethyl adjacent to an activating group) is 1. The topological polar surface area (TPSA) is 60.9 Å². The highest BCUT2D eigenvalue weighted by atomic mass is 32.2. The van der Waals surface area contributed by atoms with Crippen molar-refractivity contribution in [3.8, 4) is 0 Å². The predicted octanol–water partition coefficient (Wildman–Crippen LogP) is 0.820. The van der Waals surface area contributed by atoms with Gasteiger partial charge in [-0.05, 0) is 51.2 Å². The van der Waals surface area contributed by atoms with Crippen LogP contribution in [0, 0.1) is 12.7 Å². The van der Waals surface area contributed by atoms with E-state index in [1.165, 1.54) is 16.4 Å². The Bertz CT molecular complexity index is 619. The molecule has 7 heteroatoms. The van der Waals surface area contributed by atoms with Gasteiger partial charge in [0, 0.05) is 19.1 Å². The van der Waals surface area contributed by atoms with Crippen LogP contribution >= 0.6 is 0 Å². The van der Waals surface area contributed by atoms with Gasteiger partial charge in [-0.2, -0.15) is 4.31 Å². The maximum Gasteiger partial charge on any atom is 0.243 e. The summed E-state index contributed by atoms with van der Waals surface area (Å²) in [6, 6.07) is 3.37. The molecule has 0 radical (unpaired) electrons. The highest BCUT2D eigenvalue weighted by Gasteiger charge is 2.40. The van der Waals surface area contributed by atoms with Gasteiger partial charge in [-0.1, -0.05) is 0 Å². The fraction of sp³-hybridized carbons (Fsp3) is 0.571. The first-order chi connectivity index (χ1) is 9.71. The van der Waals surface area contributed by atoms with Crippen LogP contribution in [0.5, 0.6) is 0 Å². The van der Waals surface area contributed by atoms with Gasteiger partial charge in [0.2, 0.25) is 10.0 Å². The van der Waals surface area contributed by atoms with Gasteiger partial charge in [0.05, 0.1) is 11.0 Å². The highest BCUT2D eigenvalue weighted by Crippen LogP contribution is 2.28. The van der Waals surface area contributed by atoms with E-state index in [-0.39, 0.29) is 17.5 Å². The minimum absolute atomic E-state index is 0.0810. The van der Waals surface area contributed by atoms with Crippen LogP contribution in [0.15, 0.2) is 23.1 Å². The molecule has 1 aliphatic heterocycles. The lowest BCUT2D eigenvalue weighted by Crippen LogP contribution is -2.41. The third-order valence-electron chi connectivity index (χ3n) is 3.64. The molecule has 0 saturated carbocycles. The number of hydrogen-bond donors (Lipinski definition) is 1. The second-order valence-corrected chi connectivity index (χ2v) is 7.65. The maximum atomic E-state index is 13.2. The fourth-order valence-corrected chi connectivity index (χ4v) is 4.65. The fourth-order valence-electron chi connectivity index (χ4n) is 2.77. The van der Waals surface area contributed by atoms with Gasteiger partial charge in [0.1, 0.15) is 5.82 Å². The summed E-state index contributed by atoms with van der Waals surface area (Å²) in [5, 5.41) is 9.82. The number of aryl methyl sites for hydroxylation is 1. The minimum Gasteiger partial charge on any atom is -0.392 e. The first kappa shape index (κ1) is 16.4. The second-order valence-electron chi connectivity index (χ2n) is 5.79. The lowest BCUT2D eigenvalue weighted by atomic mass is 10.2. The average molecular weight is 316 g/mol. The number of aliphatic hydroxyl groups excluding tert-OH is 1. The van der Waals surface area contributed by atoms with E-state index in [4.69, 9.17) is 0 Å². The number of benzene rings is 1. The van der Waals surface area contributed by atoms with Crippen LogP contribution in [-0.4, -0.2) is 62.1 Å². The lowest BCUT2D eigenvalue weighted by molar-refractivity contribution is 0.188. The van der Waals surface area contributed by atoms with Gasteiger partial charge < -0.3 is 10.0 Å². The second kappa shape index (κ2) is 6.00. The Kier molecular flexibility index (Phi) is 4.67. The van der Waals surface area contributed by atoms with E-state index >= 15 is 0 Å². The molecular weight excluding hydrogens is 295 g/mol. The summed E-state index contributed by atoms with van der Waals surface area (Å²) in [5.74, 6) is -0.460. The molecule has 1 aromatic rings. The van der Waals surface area contributed by atoms with Crippen LogP contribution in [0.1, 0.15) is 12.0 Å². The SMILES string of the molecule is Cc1cc(F)ccc1S(=O)(=O)N1CC(O)CC1CN(C)C. The Labute approximate surface area is 125 Å². The number of aliphatic hydroxyl groups is 1. The Morgan fingerprint density at radius 2 is 2.10 bits per heavy atom. The molecule has 2 unspecified atom stereocenters. The molecule has 21 heavy (non-hydrogen) atoms. The van der Waals surface area contributed by atoms with Crippen LogP contribution in [0.2, 0.25) is 0 Å². The molecule has 0 spiro atoms. The molecule has 1 N–H and O–H groups in total. The first-order valence-corrected chi connectivity index (χ1v) is 8.26. The van der Waals surface area contributed by atoms with Crippen LogP contribution < -0.4 is 0 Å². The van der Waals surface area contributed by atoms with Crippen molar-refractivity contribution in [2.24, 2.45) is 0 Å². The lowest BCUT2D eigenvalue weighted by Gasteiger charge is -2.26. The van der Waals surface area contributed by atoms with Crippen molar-refractivity contribution in [2.75, 3.05) is 27.2 Å². The molecule has 1 heterocycles. The minimum atomic E-state index is -3.73. The van der Waals surface area contributed by atoms with Gasteiger partial charge in [-0.15, -0.1) is 0 Å². The highest BCUT2D eigenvalue weighted by molar-refractivity contribution is 7.89. The maximum absolute atomic E-state index is 13.2. The summed E-state index contributed by atoms with van der Waals surface area (Å²) in [4.78, 5) is 1.99. The van der Waals surface area contributed by atoms with Crippen LogP contribution in [0.3, 0.4) is 0 Å². The molecule has 0 amide bonds. The number of sulfonamides is 1. The normalized spacial score (nSPS) is 23.9. The number of rotatable bonds is 4. The Morgan fingerprint density at radius 1 is 1.43 bits per heavy atom. The number of hydrogen-bond acceptors (Lipinski definition) is 4. The van der Waals surface area contributed by atoms with E-state index < -0.39 is 21.9 Å².